The van der Waals surface area contributed by atoms with E-state index in [4.69, 9.17) is 0 Å². The lowest BCUT2D eigenvalue weighted by atomic mass is 9.99. The van der Waals surface area contributed by atoms with Gasteiger partial charge in [-0.05, 0) is 43.5 Å². The minimum absolute atomic E-state index is 0.309. The van der Waals surface area contributed by atoms with Crippen LogP contribution < -0.4 is 5.32 Å². The van der Waals surface area contributed by atoms with Crippen LogP contribution in [0.5, 0.6) is 0 Å². The maximum absolute atomic E-state index is 4.36. The highest BCUT2D eigenvalue weighted by atomic mass is 79.9. The van der Waals surface area contributed by atoms with Crippen molar-refractivity contribution >= 4 is 15.9 Å². The fourth-order valence-electron chi connectivity index (χ4n) is 2.40. The van der Waals surface area contributed by atoms with E-state index >= 15 is 0 Å². The highest BCUT2D eigenvalue weighted by molar-refractivity contribution is 9.10. The van der Waals surface area contributed by atoms with Crippen molar-refractivity contribution in [1.82, 2.24) is 15.1 Å². The van der Waals surface area contributed by atoms with Crippen LogP contribution in [-0.2, 0) is 13.0 Å². The molecule has 20 heavy (non-hydrogen) atoms. The molecule has 2 aromatic rings. The van der Waals surface area contributed by atoms with Gasteiger partial charge in [-0.2, -0.15) is 5.10 Å². The topological polar surface area (TPSA) is 29.9 Å². The van der Waals surface area contributed by atoms with E-state index in [0.29, 0.717) is 6.04 Å². The number of hydrogen-bond donors (Lipinski definition) is 1. The molecule has 0 spiro atoms. The molecule has 0 fully saturated rings. The second-order valence-electron chi connectivity index (χ2n) is 5.00. The molecule has 0 bridgehead atoms. The summed E-state index contributed by atoms with van der Waals surface area (Å²) in [5, 5.41) is 7.93. The molecule has 1 aromatic heterocycles. The van der Waals surface area contributed by atoms with E-state index < -0.39 is 0 Å². The largest absolute Gasteiger partial charge is 0.310 e. The lowest BCUT2D eigenvalue weighted by Gasteiger charge is -2.20. The summed E-state index contributed by atoms with van der Waals surface area (Å²) in [4.78, 5) is 0. The molecule has 0 aliphatic heterocycles. The Morgan fingerprint density at radius 1 is 1.35 bits per heavy atom. The van der Waals surface area contributed by atoms with Crippen molar-refractivity contribution in [3.05, 3.63) is 51.8 Å². The smallest absolute Gasteiger partial charge is 0.0522 e. The number of benzene rings is 1. The molecule has 0 aliphatic carbocycles. The van der Waals surface area contributed by atoms with Gasteiger partial charge in [-0.3, -0.25) is 4.68 Å². The summed E-state index contributed by atoms with van der Waals surface area (Å²) in [7, 11) is 0. The monoisotopic (exact) mass is 335 g/mol. The zero-order valence-corrected chi connectivity index (χ0v) is 13.9. The SMILES string of the molecule is CCNC(Cc1cnn(CC)c1)c1cccc(C)c1Br. The summed E-state index contributed by atoms with van der Waals surface area (Å²) in [6.45, 7) is 8.25. The first-order chi connectivity index (χ1) is 9.65. The van der Waals surface area contributed by atoms with Crippen LogP contribution in [0.15, 0.2) is 35.1 Å². The third-order valence-corrected chi connectivity index (χ3v) is 4.58. The summed E-state index contributed by atoms with van der Waals surface area (Å²) in [6, 6.07) is 6.75. The molecule has 1 heterocycles. The minimum Gasteiger partial charge on any atom is -0.310 e. The molecule has 3 nitrogen and oxygen atoms in total. The number of rotatable bonds is 6. The first kappa shape index (κ1) is 15.3. The van der Waals surface area contributed by atoms with Crippen molar-refractivity contribution < 1.29 is 0 Å². The molecular weight excluding hydrogens is 314 g/mol. The van der Waals surface area contributed by atoms with Crippen molar-refractivity contribution in [2.75, 3.05) is 6.54 Å². The minimum atomic E-state index is 0.309. The molecule has 1 atom stereocenters. The van der Waals surface area contributed by atoms with E-state index in [0.717, 1.165) is 19.5 Å². The quantitative estimate of drug-likeness (QED) is 0.868. The third kappa shape index (κ3) is 3.49. The Bertz CT molecular complexity index is 563. The van der Waals surface area contributed by atoms with Crippen molar-refractivity contribution in [3.63, 3.8) is 0 Å². The lowest BCUT2D eigenvalue weighted by Crippen LogP contribution is -2.23. The molecule has 1 aromatic carbocycles. The van der Waals surface area contributed by atoms with Crippen LogP contribution in [-0.4, -0.2) is 16.3 Å². The summed E-state index contributed by atoms with van der Waals surface area (Å²) < 4.78 is 3.18. The Kier molecular flexibility index (Phi) is 5.38. The molecule has 4 heteroatoms. The first-order valence-corrected chi connectivity index (χ1v) is 7.94. The van der Waals surface area contributed by atoms with Gasteiger partial charge in [0.2, 0.25) is 0 Å². The molecule has 0 radical (unpaired) electrons. The van der Waals surface area contributed by atoms with Gasteiger partial charge in [0.1, 0.15) is 0 Å². The zero-order chi connectivity index (χ0) is 14.5. The summed E-state index contributed by atoms with van der Waals surface area (Å²) in [5.74, 6) is 0. The Morgan fingerprint density at radius 2 is 2.15 bits per heavy atom. The molecule has 0 aliphatic rings. The Hall–Kier alpha value is -1.13. The van der Waals surface area contributed by atoms with E-state index in [-0.39, 0.29) is 0 Å². The number of aromatic nitrogens is 2. The van der Waals surface area contributed by atoms with Gasteiger partial charge in [-0.15, -0.1) is 0 Å². The maximum Gasteiger partial charge on any atom is 0.0522 e. The molecular formula is C16H22BrN3. The van der Waals surface area contributed by atoms with Crippen molar-refractivity contribution in [2.45, 2.75) is 39.8 Å². The molecule has 0 saturated heterocycles. The van der Waals surface area contributed by atoms with E-state index in [9.17, 15) is 0 Å². The molecule has 2 rings (SSSR count). The Morgan fingerprint density at radius 3 is 2.80 bits per heavy atom. The van der Waals surface area contributed by atoms with Crippen LogP contribution in [0.25, 0.3) is 0 Å². The standard InChI is InChI=1S/C16H22BrN3/c1-4-18-15(9-13-10-19-20(5-2)11-13)14-8-6-7-12(3)16(14)17/h6-8,10-11,15,18H,4-5,9H2,1-3H3. The zero-order valence-electron chi connectivity index (χ0n) is 12.4. The normalized spacial score (nSPS) is 12.6. The lowest BCUT2D eigenvalue weighted by molar-refractivity contribution is 0.547. The van der Waals surface area contributed by atoms with Gasteiger partial charge >= 0.3 is 0 Å². The van der Waals surface area contributed by atoms with Crippen LogP contribution in [0.3, 0.4) is 0 Å². The molecule has 1 unspecified atom stereocenters. The summed E-state index contributed by atoms with van der Waals surface area (Å²) in [6.07, 6.45) is 5.06. The average molecular weight is 336 g/mol. The van der Waals surface area contributed by atoms with Gasteiger partial charge in [-0.1, -0.05) is 41.1 Å². The number of likely N-dealkylation sites (N-methyl/N-ethyl adjacent to an activating group) is 1. The Labute approximate surface area is 129 Å². The van der Waals surface area contributed by atoms with Crippen LogP contribution in [0.4, 0.5) is 0 Å². The highest BCUT2D eigenvalue weighted by Crippen LogP contribution is 2.28. The van der Waals surface area contributed by atoms with Gasteiger partial charge in [0.15, 0.2) is 0 Å². The van der Waals surface area contributed by atoms with Gasteiger partial charge < -0.3 is 5.32 Å². The number of aryl methyl sites for hydroxylation is 2. The second-order valence-corrected chi connectivity index (χ2v) is 5.79. The van der Waals surface area contributed by atoms with Crippen LogP contribution in [0.2, 0.25) is 0 Å². The number of nitrogens with one attached hydrogen (secondary N) is 1. The second kappa shape index (κ2) is 7.04. The predicted molar refractivity (Wildman–Crippen MR) is 86.9 cm³/mol. The van der Waals surface area contributed by atoms with Crippen LogP contribution >= 0.6 is 15.9 Å². The number of halogens is 1. The molecule has 1 N–H and O–H groups in total. The summed E-state index contributed by atoms with van der Waals surface area (Å²) in [5.41, 5.74) is 3.86. The molecule has 108 valence electrons. The first-order valence-electron chi connectivity index (χ1n) is 7.15. The van der Waals surface area contributed by atoms with Gasteiger partial charge in [0, 0.05) is 23.3 Å². The van der Waals surface area contributed by atoms with Crippen LogP contribution in [0, 0.1) is 6.92 Å². The third-order valence-electron chi connectivity index (χ3n) is 3.50. The van der Waals surface area contributed by atoms with Gasteiger partial charge in [0.25, 0.3) is 0 Å². The van der Waals surface area contributed by atoms with Crippen LogP contribution in [0.1, 0.15) is 36.6 Å². The maximum atomic E-state index is 4.36. The van der Waals surface area contributed by atoms with Crippen molar-refractivity contribution in [3.8, 4) is 0 Å². The fraction of sp³-hybridized carbons (Fsp3) is 0.438. The van der Waals surface area contributed by atoms with E-state index in [1.807, 2.05) is 10.9 Å². The van der Waals surface area contributed by atoms with Crippen molar-refractivity contribution in [2.24, 2.45) is 0 Å². The highest BCUT2D eigenvalue weighted by Gasteiger charge is 2.16. The predicted octanol–water partition coefficient (Wildman–Crippen LogP) is 3.87. The number of hydrogen-bond acceptors (Lipinski definition) is 2. The Balaban J connectivity index is 2.24. The van der Waals surface area contributed by atoms with E-state index in [2.05, 4.69) is 71.5 Å². The summed E-state index contributed by atoms with van der Waals surface area (Å²) >= 11 is 3.72. The molecule has 0 amide bonds. The van der Waals surface area contributed by atoms with E-state index in [1.165, 1.54) is 21.2 Å². The van der Waals surface area contributed by atoms with Gasteiger partial charge in [-0.25, -0.2) is 0 Å². The molecule has 0 saturated carbocycles. The van der Waals surface area contributed by atoms with E-state index in [1.54, 1.807) is 0 Å². The number of nitrogens with zero attached hydrogens (tertiary/aromatic N) is 2. The van der Waals surface area contributed by atoms with Crippen molar-refractivity contribution in [1.29, 1.82) is 0 Å². The fourth-order valence-corrected chi connectivity index (χ4v) is 2.94. The van der Waals surface area contributed by atoms with Gasteiger partial charge in [0.05, 0.1) is 6.20 Å². The average Bonchev–Trinajstić information content (AvgIpc) is 2.89.